The van der Waals surface area contributed by atoms with Gasteiger partial charge in [-0.15, -0.1) is 0 Å². The van der Waals surface area contributed by atoms with Gasteiger partial charge < -0.3 is 15.7 Å². The lowest BCUT2D eigenvalue weighted by Gasteiger charge is -2.19. The highest BCUT2D eigenvalue weighted by molar-refractivity contribution is 5.85. The SMILES string of the molecule is CN(CC(=O)O)C(=O)[C@@H](N)c1ccccc1. The largest absolute Gasteiger partial charge is 0.480 e. The number of carboxylic acid groups (broad SMARTS) is 1. The Morgan fingerprint density at radius 2 is 1.94 bits per heavy atom. The molecule has 0 spiro atoms. The summed E-state index contributed by atoms with van der Waals surface area (Å²) in [6.07, 6.45) is 0. The van der Waals surface area contributed by atoms with Crippen molar-refractivity contribution in [3.8, 4) is 0 Å². The fourth-order valence-corrected chi connectivity index (χ4v) is 1.32. The summed E-state index contributed by atoms with van der Waals surface area (Å²) in [5, 5.41) is 8.55. The molecule has 1 aromatic rings. The van der Waals surface area contributed by atoms with E-state index in [0.29, 0.717) is 5.56 Å². The van der Waals surface area contributed by atoms with Crippen molar-refractivity contribution in [2.24, 2.45) is 5.73 Å². The zero-order valence-corrected chi connectivity index (χ0v) is 8.96. The summed E-state index contributed by atoms with van der Waals surface area (Å²) in [7, 11) is 1.42. The van der Waals surface area contributed by atoms with Crippen LogP contribution in [0, 0.1) is 0 Å². The highest BCUT2D eigenvalue weighted by Crippen LogP contribution is 2.11. The Kier molecular flexibility index (Phi) is 4.02. The smallest absolute Gasteiger partial charge is 0.323 e. The van der Waals surface area contributed by atoms with Crippen LogP contribution in [0.4, 0.5) is 0 Å². The van der Waals surface area contributed by atoms with Gasteiger partial charge in [0.25, 0.3) is 0 Å². The lowest BCUT2D eigenvalue weighted by atomic mass is 10.1. The molecule has 1 aromatic carbocycles. The third-order valence-corrected chi connectivity index (χ3v) is 2.17. The van der Waals surface area contributed by atoms with E-state index in [0.717, 1.165) is 4.90 Å². The highest BCUT2D eigenvalue weighted by Gasteiger charge is 2.20. The molecule has 0 saturated carbocycles. The maximum Gasteiger partial charge on any atom is 0.323 e. The molecule has 5 heteroatoms. The molecule has 3 N–H and O–H groups in total. The van der Waals surface area contributed by atoms with Crippen molar-refractivity contribution < 1.29 is 14.7 Å². The Morgan fingerprint density at radius 3 is 2.44 bits per heavy atom. The molecule has 0 heterocycles. The average molecular weight is 222 g/mol. The van der Waals surface area contributed by atoms with Crippen LogP contribution < -0.4 is 5.73 Å². The van der Waals surface area contributed by atoms with Gasteiger partial charge in [0.05, 0.1) is 0 Å². The fraction of sp³-hybridized carbons (Fsp3) is 0.273. The topological polar surface area (TPSA) is 83.6 Å². The maximum absolute atomic E-state index is 11.7. The number of carbonyl (C=O) groups is 2. The minimum atomic E-state index is -1.06. The van der Waals surface area contributed by atoms with E-state index < -0.39 is 17.9 Å². The minimum Gasteiger partial charge on any atom is -0.480 e. The molecule has 0 aliphatic carbocycles. The van der Waals surface area contributed by atoms with Crippen molar-refractivity contribution in [1.82, 2.24) is 4.90 Å². The number of nitrogens with zero attached hydrogens (tertiary/aromatic N) is 1. The van der Waals surface area contributed by atoms with Crippen LogP contribution in [0.25, 0.3) is 0 Å². The van der Waals surface area contributed by atoms with Gasteiger partial charge in [-0.25, -0.2) is 0 Å². The first kappa shape index (κ1) is 12.2. The van der Waals surface area contributed by atoms with Gasteiger partial charge in [-0.3, -0.25) is 9.59 Å². The van der Waals surface area contributed by atoms with Gasteiger partial charge in [-0.1, -0.05) is 30.3 Å². The fourth-order valence-electron chi connectivity index (χ4n) is 1.32. The molecule has 5 nitrogen and oxygen atoms in total. The molecule has 0 radical (unpaired) electrons. The third-order valence-electron chi connectivity index (χ3n) is 2.17. The van der Waals surface area contributed by atoms with Crippen LogP contribution in [0.15, 0.2) is 30.3 Å². The molecule has 1 amide bonds. The summed E-state index contributed by atoms with van der Waals surface area (Å²) in [5.41, 5.74) is 6.40. The first-order valence-electron chi connectivity index (χ1n) is 4.79. The van der Waals surface area contributed by atoms with Crippen LogP contribution in [0.3, 0.4) is 0 Å². The number of carboxylic acids is 1. The lowest BCUT2D eigenvalue weighted by molar-refractivity contribution is -0.144. The number of aliphatic carboxylic acids is 1. The number of rotatable bonds is 4. The Labute approximate surface area is 93.5 Å². The van der Waals surface area contributed by atoms with Crippen molar-refractivity contribution in [3.05, 3.63) is 35.9 Å². The maximum atomic E-state index is 11.7. The van der Waals surface area contributed by atoms with Crippen molar-refractivity contribution in [3.63, 3.8) is 0 Å². The van der Waals surface area contributed by atoms with Crippen molar-refractivity contribution >= 4 is 11.9 Å². The van der Waals surface area contributed by atoms with Gasteiger partial charge in [0.15, 0.2) is 0 Å². The van der Waals surface area contributed by atoms with E-state index in [1.807, 2.05) is 6.07 Å². The first-order chi connectivity index (χ1) is 7.52. The first-order valence-corrected chi connectivity index (χ1v) is 4.79. The normalized spacial score (nSPS) is 11.9. The zero-order valence-electron chi connectivity index (χ0n) is 8.96. The van der Waals surface area contributed by atoms with Crippen molar-refractivity contribution in [2.75, 3.05) is 13.6 Å². The van der Waals surface area contributed by atoms with E-state index in [1.165, 1.54) is 7.05 Å². The Balaban J connectivity index is 2.71. The molecule has 0 unspecified atom stereocenters. The predicted molar refractivity (Wildman–Crippen MR) is 58.6 cm³/mol. The van der Waals surface area contributed by atoms with Crippen molar-refractivity contribution in [2.45, 2.75) is 6.04 Å². The van der Waals surface area contributed by atoms with E-state index in [-0.39, 0.29) is 6.54 Å². The summed E-state index contributed by atoms with van der Waals surface area (Å²) in [6.45, 7) is -0.348. The summed E-state index contributed by atoms with van der Waals surface area (Å²) in [4.78, 5) is 23.3. The predicted octanol–water partition coefficient (Wildman–Crippen LogP) is 0.229. The van der Waals surface area contributed by atoms with Crippen LogP contribution in [0.1, 0.15) is 11.6 Å². The third kappa shape index (κ3) is 3.06. The zero-order chi connectivity index (χ0) is 12.1. The van der Waals surface area contributed by atoms with Crippen LogP contribution in [-0.2, 0) is 9.59 Å². The molecule has 1 rings (SSSR count). The minimum absolute atomic E-state index is 0.348. The van der Waals surface area contributed by atoms with Gasteiger partial charge in [-0.05, 0) is 5.56 Å². The molecular formula is C11H14N2O3. The summed E-state index contributed by atoms with van der Waals surface area (Å²) in [5.74, 6) is -1.47. The van der Waals surface area contributed by atoms with Crippen LogP contribution in [0.2, 0.25) is 0 Å². The highest BCUT2D eigenvalue weighted by atomic mass is 16.4. The summed E-state index contributed by atoms with van der Waals surface area (Å²) < 4.78 is 0. The van der Waals surface area contributed by atoms with Gasteiger partial charge >= 0.3 is 5.97 Å². The molecule has 0 bridgehead atoms. The van der Waals surface area contributed by atoms with Gasteiger partial charge in [-0.2, -0.15) is 0 Å². The summed E-state index contributed by atoms with van der Waals surface area (Å²) >= 11 is 0. The standard InChI is InChI=1S/C11H14N2O3/c1-13(7-9(14)15)11(16)10(12)8-5-3-2-4-6-8/h2-6,10H,7,12H2,1H3,(H,14,15)/t10-/m0/s1. The number of hydrogen-bond acceptors (Lipinski definition) is 3. The molecule has 1 atom stereocenters. The van der Waals surface area contributed by atoms with Crippen LogP contribution in [0.5, 0.6) is 0 Å². The second kappa shape index (κ2) is 5.27. The Bertz CT molecular complexity index is 378. The van der Waals surface area contributed by atoms with Gasteiger partial charge in [0.1, 0.15) is 12.6 Å². The Hall–Kier alpha value is -1.88. The van der Waals surface area contributed by atoms with E-state index in [1.54, 1.807) is 24.3 Å². The molecule has 0 saturated heterocycles. The number of carbonyl (C=O) groups excluding carboxylic acids is 1. The monoisotopic (exact) mass is 222 g/mol. The van der Waals surface area contributed by atoms with E-state index in [2.05, 4.69) is 0 Å². The molecule has 16 heavy (non-hydrogen) atoms. The van der Waals surface area contributed by atoms with Gasteiger partial charge in [0, 0.05) is 7.05 Å². The number of amides is 1. The van der Waals surface area contributed by atoms with E-state index in [4.69, 9.17) is 10.8 Å². The van der Waals surface area contributed by atoms with E-state index >= 15 is 0 Å². The van der Waals surface area contributed by atoms with Crippen molar-refractivity contribution in [1.29, 1.82) is 0 Å². The summed E-state index contributed by atoms with van der Waals surface area (Å²) in [6, 6.07) is 8.03. The lowest BCUT2D eigenvalue weighted by Crippen LogP contribution is -2.38. The molecular weight excluding hydrogens is 208 g/mol. The average Bonchev–Trinajstić information content (AvgIpc) is 2.27. The quantitative estimate of drug-likeness (QED) is 0.763. The molecule has 0 aliphatic heterocycles. The molecule has 0 aliphatic rings. The Morgan fingerprint density at radius 1 is 1.38 bits per heavy atom. The molecule has 0 aromatic heterocycles. The second-order valence-electron chi connectivity index (χ2n) is 3.48. The van der Waals surface area contributed by atoms with Gasteiger partial charge in [0.2, 0.25) is 5.91 Å². The number of hydrogen-bond donors (Lipinski definition) is 2. The van der Waals surface area contributed by atoms with Crippen LogP contribution >= 0.6 is 0 Å². The number of benzene rings is 1. The van der Waals surface area contributed by atoms with E-state index in [9.17, 15) is 9.59 Å². The van der Waals surface area contributed by atoms with Crippen LogP contribution in [-0.4, -0.2) is 35.5 Å². The number of nitrogens with two attached hydrogens (primary N) is 1. The number of likely N-dealkylation sites (N-methyl/N-ethyl adjacent to an activating group) is 1. The molecule has 0 fully saturated rings. The molecule has 86 valence electrons. The second-order valence-corrected chi connectivity index (χ2v) is 3.48.